The average molecular weight is 551 g/mol. The molecule has 206 valence electrons. The molecule has 38 heavy (non-hydrogen) atoms. The van der Waals surface area contributed by atoms with Crippen molar-refractivity contribution < 1.29 is 36.6 Å². The third-order valence-electron chi connectivity index (χ3n) is 8.07. The van der Waals surface area contributed by atoms with Crippen LogP contribution < -0.4 is 0 Å². The predicted molar refractivity (Wildman–Crippen MR) is 134 cm³/mol. The summed E-state index contributed by atoms with van der Waals surface area (Å²) < 4.78 is 70.5. The number of benzene rings is 2. The topological polar surface area (TPSA) is 96.4 Å². The number of aliphatic hydroxyl groups excluding tert-OH is 1. The van der Waals surface area contributed by atoms with Crippen molar-refractivity contribution in [1.29, 1.82) is 0 Å². The van der Waals surface area contributed by atoms with Crippen LogP contribution in [0.4, 0.5) is 13.6 Å². The number of rotatable bonds is 6. The number of cyclic esters (lactones) is 1. The summed E-state index contributed by atoms with van der Waals surface area (Å²) >= 11 is 0. The Morgan fingerprint density at radius 2 is 1.79 bits per heavy atom. The molecule has 5 rings (SSSR count). The van der Waals surface area contributed by atoms with Crippen LogP contribution in [0.3, 0.4) is 0 Å². The summed E-state index contributed by atoms with van der Waals surface area (Å²) in [6, 6.07) is 10.7. The maximum absolute atomic E-state index is 15.8. The summed E-state index contributed by atoms with van der Waals surface area (Å²) in [6.07, 6.45) is 0.0457. The van der Waals surface area contributed by atoms with Crippen molar-refractivity contribution in [2.75, 3.05) is 26.4 Å². The first-order valence-electron chi connectivity index (χ1n) is 12.9. The molecule has 0 aromatic heterocycles. The Hall–Kier alpha value is -2.60. The molecule has 3 atom stereocenters. The first kappa shape index (κ1) is 27.0. The summed E-state index contributed by atoms with van der Waals surface area (Å²) in [5, 5.41) is 8.73. The van der Waals surface area contributed by atoms with E-state index in [2.05, 4.69) is 0 Å². The molecule has 2 aromatic rings. The van der Waals surface area contributed by atoms with Crippen LogP contribution in [0, 0.1) is 11.6 Å². The Morgan fingerprint density at radius 3 is 2.45 bits per heavy atom. The lowest BCUT2D eigenvalue weighted by Gasteiger charge is -2.43. The standard InChI is InChI=1S/C27H32F2N2O6S/c1-18-7-8-25(19-5-3-2-4-6-19)38(34,35)31(18)15-20-13-24(29)22(14-23(20)28)27(9-11-36-12-10-27)30-16-21(17-32)37-26(30)33/h2-6,13-14,18,21,25,32H,7-12,15-17H2,1H3/t18-,21-,25+/m0/s1. The molecule has 0 unspecified atom stereocenters. The molecule has 0 radical (unpaired) electrons. The van der Waals surface area contributed by atoms with Crippen LogP contribution in [0.1, 0.15) is 54.5 Å². The van der Waals surface area contributed by atoms with Crippen LogP contribution in [-0.4, -0.2) is 67.3 Å². The number of sulfonamides is 1. The Bertz CT molecular complexity index is 1290. The van der Waals surface area contributed by atoms with Crippen LogP contribution >= 0.6 is 0 Å². The quantitative estimate of drug-likeness (QED) is 0.587. The van der Waals surface area contributed by atoms with E-state index < -0.39 is 44.6 Å². The minimum Gasteiger partial charge on any atom is -0.442 e. The highest BCUT2D eigenvalue weighted by molar-refractivity contribution is 7.89. The number of halogens is 2. The van der Waals surface area contributed by atoms with Gasteiger partial charge in [0.1, 0.15) is 23.0 Å². The monoisotopic (exact) mass is 550 g/mol. The fraction of sp³-hybridized carbons (Fsp3) is 0.519. The van der Waals surface area contributed by atoms with Gasteiger partial charge in [0.2, 0.25) is 10.0 Å². The van der Waals surface area contributed by atoms with Gasteiger partial charge >= 0.3 is 6.09 Å². The summed E-state index contributed by atoms with van der Waals surface area (Å²) in [6.45, 7) is 1.61. The van der Waals surface area contributed by atoms with Crippen molar-refractivity contribution >= 4 is 16.1 Å². The fourth-order valence-electron chi connectivity index (χ4n) is 5.95. The number of aliphatic hydroxyl groups is 1. The average Bonchev–Trinajstić information content (AvgIpc) is 3.30. The van der Waals surface area contributed by atoms with Gasteiger partial charge in [-0.15, -0.1) is 0 Å². The van der Waals surface area contributed by atoms with E-state index in [-0.39, 0.29) is 62.9 Å². The molecule has 11 heteroatoms. The van der Waals surface area contributed by atoms with Gasteiger partial charge in [-0.05, 0) is 50.3 Å². The third-order valence-corrected chi connectivity index (χ3v) is 10.4. The fourth-order valence-corrected chi connectivity index (χ4v) is 8.13. The zero-order valence-corrected chi connectivity index (χ0v) is 22.0. The van der Waals surface area contributed by atoms with E-state index in [1.807, 2.05) is 6.07 Å². The molecule has 3 aliphatic rings. The molecule has 0 aliphatic carbocycles. The van der Waals surface area contributed by atoms with Crippen molar-refractivity contribution in [2.24, 2.45) is 0 Å². The van der Waals surface area contributed by atoms with Crippen molar-refractivity contribution in [1.82, 2.24) is 9.21 Å². The van der Waals surface area contributed by atoms with E-state index in [0.717, 1.165) is 12.1 Å². The van der Waals surface area contributed by atoms with Gasteiger partial charge in [0.25, 0.3) is 0 Å². The van der Waals surface area contributed by atoms with E-state index in [1.54, 1.807) is 31.2 Å². The Kier molecular flexibility index (Phi) is 7.47. The van der Waals surface area contributed by atoms with Crippen LogP contribution in [0.5, 0.6) is 0 Å². The maximum Gasteiger partial charge on any atom is 0.411 e. The molecule has 0 saturated carbocycles. The van der Waals surface area contributed by atoms with Crippen LogP contribution in [0.2, 0.25) is 0 Å². The zero-order valence-electron chi connectivity index (χ0n) is 21.2. The lowest BCUT2D eigenvalue weighted by Crippen LogP contribution is -2.51. The highest BCUT2D eigenvalue weighted by Crippen LogP contribution is 2.43. The second-order valence-electron chi connectivity index (χ2n) is 10.3. The summed E-state index contributed by atoms with van der Waals surface area (Å²) in [7, 11) is -3.83. The molecule has 1 N–H and O–H groups in total. The van der Waals surface area contributed by atoms with Crippen molar-refractivity contribution in [3.05, 3.63) is 70.8 Å². The molecule has 1 amide bonds. The Morgan fingerprint density at radius 1 is 1.08 bits per heavy atom. The molecular formula is C27H32F2N2O6S. The van der Waals surface area contributed by atoms with Gasteiger partial charge in [-0.25, -0.2) is 22.0 Å². The number of nitrogens with zero attached hydrogens (tertiary/aromatic N) is 2. The highest BCUT2D eigenvalue weighted by Gasteiger charge is 2.50. The number of carbonyl (C=O) groups excluding carboxylic acids is 1. The van der Waals surface area contributed by atoms with Gasteiger partial charge in [0, 0.05) is 36.9 Å². The Balaban J connectivity index is 1.48. The molecule has 8 nitrogen and oxygen atoms in total. The Labute approximate surface area is 221 Å². The van der Waals surface area contributed by atoms with Crippen LogP contribution in [0.15, 0.2) is 42.5 Å². The molecule has 3 fully saturated rings. The zero-order chi connectivity index (χ0) is 27.1. The van der Waals surface area contributed by atoms with Gasteiger partial charge in [0.05, 0.1) is 18.7 Å². The summed E-state index contributed by atoms with van der Waals surface area (Å²) in [5.41, 5.74) is -0.610. The third kappa shape index (κ3) is 4.70. The van der Waals surface area contributed by atoms with Crippen molar-refractivity contribution in [2.45, 2.75) is 62.1 Å². The number of amides is 1. The van der Waals surface area contributed by atoms with E-state index in [9.17, 15) is 18.3 Å². The molecular weight excluding hydrogens is 518 g/mol. The molecule has 3 saturated heterocycles. The largest absolute Gasteiger partial charge is 0.442 e. The number of hydrogen-bond acceptors (Lipinski definition) is 6. The number of carbonyl (C=O) groups is 1. The molecule has 2 aromatic carbocycles. The van der Waals surface area contributed by atoms with E-state index in [4.69, 9.17) is 9.47 Å². The molecule has 3 aliphatic heterocycles. The lowest BCUT2D eigenvalue weighted by atomic mass is 9.80. The van der Waals surface area contributed by atoms with E-state index >= 15 is 8.78 Å². The van der Waals surface area contributed by atoms with E-state index in [1.165, 1.54) is 9.21 Å². The van der Waals surface area contributed by atoms with Gasteiger partial charge in [-0.1, -0.05) is 30.3 Å². The normalized spacial score (nSPS) is 27.3. The second kappa shape index (κ2) is 10.5. The first-order valence-corrected chi connectivity index (χ1v) is 14.4. The van der Waals surface area contributed by atoms with Crippen molar-refractivity contribution in [3.63, 3.8) is 0 Å². The highest BCUT2D eigenvalue weighted by atomic mass is 32.2. The smallest absolute Gasteiger partial charge is 0.411 e. The van der Waals surface area contributed by atoms with Gasteiger partial charge in [-0.2, -0.15) is 4.31 Å². The maximum atomic E-state index is 15.8. The van der Waals surface area contributed by atoms with Crippen LogP contribution in [0.25, 0.3) is 0 Å². The molecule has 0 spiro atoms. The summed E-state index contributed by atoms with van der Waals surface area (Å²) in [4.78, 5) is 14.0. The van der Waals surface area contributed by atoms with E-state index in [0.29, 0.717) is 18.4 Å². The first-order chi connectivity index (χ1) is 18.2. The number of ether oxygens (including phenoxy) is 2. The minimum absolute atomic E-state index is 0.00528. The SMILES string of the molecule is C[C@H]1CC[C@H](c2ccccc2)S(=O)(=O)N1Cc1cc(F)c(C2(N3C[C@@H](CO)OC3=O)CCOCC2)cc1F. The predicted octanol–water partition coefficient (Wildman–Crippen LogP) is 3.84. The minimum atomic E-state index is -3.83. The lowest BCUT2D eigenvalue weighted by molar-refractivity contribution is -0.0110. The molecule has 0 bridgehead atoms. The number of hydrogen-bond donors (Lipinski definition) is 1. The van der Waals surface area contributed by atoms with Crippen LogP contribution in [-0.2, 0) is 31.6 Å². The van der Waals surface area contributed by atoms with Gasteiger partial charge in [0.15, 0.2) is 0 Å². The van der Waals surface area contributed by atoms with Gasteiger partial charge < -0.3 is 14.6 Å². The molecule has 3 heterocycles. The summed E-state index contributed by atoms with van der Waals surface area (Å²) in [5.74, 6) is -1.48. The van der Waals surface area contributed by atoms with Crippen molar-refractivity contribution in [3.8, 4) is 0 Å². The second-order valence-corrected chi connectivity index (χ2v) is 12.4. The van der Waals surface area contributed by atoms with Gasteiger partial charge in [-0.3, -0.25) is 4.90 Å².